The van der Waals surface area contributed by atoms with Gasteiger partial charge in [0.1, 0.15) is 0 Å². The number of hydrogen-bond acceptors (Lipinski definition) is 4. The summed E-state index contributed by atoms with van der Waals surface area (Å²) in [7, 11) is 5.02. The van der Waals surface area contributed by atoms with Crippen LogP contribution in [-0.2, 0) is 9.47 Å². The zero-order valence-electron chi connectivity index (χ0n) is 7.68. The molecule has 0 radical (unpaired) electrons. The van der Waals surface area contributed by atoms with E-state index < -0.39 is 0 Å². The summed E-state index contributed by atoms with van der Waals surface area (Å²) in [5.74, 6) is 0. The summed E-state index contributed by atoms with van der Waals surface area (Å²) in [4.78, 5) is 0. The highest BCUT2D eigenvalue weighted by Gasteiger charge is 2.31. The van der Waals surface area contributed by atoms with Gasteiger partial charge in [-0.1, -0.05) is 0 Å². The molecule has 11 heavy (non-hydrogen) atoms. The number of ether oxygens (including phenoxy) is 2. The van der Waals surface area contributed by atoms with Crippen LogP contribution in [0.4, 0.5) is 0 Å². The van der Waals surface area contributed by atoms with Gasteiger partial charge in [0, 0.05) is 20.8 Å². The van der Waals surface area contributed by atoms with Crippen LogP contribution in [0.5, 0.6) is 0 Å². The second-order valence-corrected chi connectivity index (χ2v) is 2.67. The van der Waals surface area contributed by atoms with Gasteiger partial charge in [-0.2, -0.15) is 0 Å². The SMILES string of the molecule is CNC(C)(CN)C(OC)OC. The molecule has 0 aliphatic carbocycles. The van der Waals surface area contributed by atoms with E-state index in [-0.39, 0.29) is 11.8 Å². The first-order chi connectivity index (χ1) is 5.14. The number of hydrogen-bond donors (Lipinski definition) is 2. The fourth-order valence-corrected chi connectivity index (χ4v) is 0.933. The molecule has 0 aliphatic rings. The van der Waals surface area contributed by atoms with E-state index in [0.29, 0.717) is 6.54 Å². The quantitative estimate of drug-likeness (QED) is 0.537. The summed E-state index contributed by atoms with van der Waals surface area (Å²) >= 11 is 0. The van der Waals surface area contributed by atoms with E-state index in [1.165, 1.54) is 0 Å². The second kappa shape index (κ2) is 4.66. The average molecular weight is 162 g/mol. The first-order valence-electron chi connectivity index (χ1n) is 3.59. The summed E-state index contributed by atoms with van der Waals surface area (Å²) in [6.45, 7) is 2.42. The Hall–Kier alpha value is -0.160. The van der Waals surface area contributed by atoms with Crippen LogP contribution >= 0.6 is 0 Å². The van der Waals surface area contributed by atoms with E-state index in [4.69, 9.17) is 15.2 Å². The van der Waals surface area contributed by atoms with Crippen LogP contribution in [0.15, 0.2) is 0 Å². The highest BCUT2D eigenvalue weighted by molar-refractivity contribution is 4.86. The summed E-state index contributed by atoms with van der Waals surface area (Å²) < 4.78 is 10.2. The van der Waals surface area contributed by atoms with E-state index in [9.17, 15) is 0 Å². The Kier molecular flexibility index (Phi) is 4.60. The number of rotatable bonds is 5. The second-order valence-electron chi connectivity index (χ2n) is 2.67. The Morgan fingerprint density at radius 2 is 1.91 bits per heavy atom. The lowest BCUT2D eigenvalue weighted by atomic mass is 10.0. The summed E-state index contributed by atoms with van der Waals surface area (Å²) in [6.07, 6.45) is -0.308. The molecule has 4 nitrogen and oxygen atoms in total. The lowest BCUT2D eigenvalue weighted by molar-refractivity contribution is -0.147. The monoisotopic (exact) mass is 162 g/mol. The summed E-state index contributed by atoms with van der Waals surface area (Å²) in [5, 5.41) is 3.06. The maximum absolute atomic E-state index is 5.55. The van der Waals surface area contributed by atoms with Gasteiger partial charge in [-0.05, 0) is 14.0 Å². The molecular weight excluding hydrogens is 144 g/mol. The fraction of sp³-hybridized carbons (Fsp3) is 1.00. The third-order valence-electron chi connectivity index (χ3n) is 1.94. The van der Waals surface area contributed by atoms with E-state index in [1.54, 1.807) is 14.2 Å². The third-order valence-corrected chi connectivity index (χ3v) is 1.94. The summed E-state index contributed by atoms with van der Waals surface area (Å²) in [6, 6.07) is 0. The van der Waals surface area contributed by atoms with E-state index in [2.05, 4.69) is 5.32 Å². The molecule has 0 aromatic rings. The van der Waals surface area contributed by atoms with Crippen LogP contribution < -0.4 is 11.1 Å². The minimum absolute atomic E-state index is 0.308. The van der Waals surface area contributed by atoms with Gasteiger partial charge in [0.25, 0.3) is 0 Å². The van der Waals surface area contributed by atoms with Crippen molar-refractivity contribution in [1.29, 1.82) is 0 Å². The van der Waals surface area contributed by atoms with Gasteiger partial charge >= 0.3 is 0 Å². The largest absolute Gasteiger partial charge is 0.354 e. The molecule has 1 atom stereocenters. The maximum atomic E-state index is 5.55. The Morgan fingerprint density at radius 1 is 1.45 bits per heavy atom. The van der Waals surface area contributed by atoms with Gasteiger partial charge < -0.3 is 20.5 Å². The molecule has 0 aliphatic heterocycles. The Bertz CT molecular complexity index is 101. The van der Waals surface area contributed by atoms with Gasteiger partial charge in [0.15, 0.2) is 6.29 Å². The van der Waals surface area contributed by atoms with Crippen LogP contribution in [0.2, 0.25) is 0 Å². The van der Waals surface area contributed by atoms with Gasteiger partial charge in [0.2, 0.25) is 0 Å². The highest BCUT2D eigenvalue weighted by Crippen LogP contribution is 2.10. The normalized spacial score (nSPS) is 16.9. The lowest BCUT2D eigenvalue weighted by Gasteiger charge is -2.33. The number of methoxy groups -OCH3 is 2. The molecule has 1 unspecified atom stereocenters. The standard InChI is InChI=1S/C7H18N2O2/c1-7(5-8,9-2)6(10-3)11-4/h6,9H,5,8H2,1-4H3. The van der Waals surface area contributed by atoms with Crippen molar-refractivity contribution in [2.24, 2.45) is 5.73 Å². The molecule has 0 heterocycles. The number of likely N-dealkylation sites (N-methyl/N-ethyl adjacent to an activating group) is 1. The van der Waals surface area contributed by atoms with Crippen molar-refractivity contribution in [2.75, 3.05) is 27.8 Å². The molecule has 68 valence electrons. The third kappa shape index (κ3) is 2.41. The Morgan fingerprint density at radius 3 is 2.00 bits per heavy atom. The van der Waals surface area contributed by atoms with Crippen molar-refractivity contribution in [1.82, 2.24) is 5.32 Å². The molecule has 0 saturated carbocycles. The average Bonchev–Trinajstić information content (AvgIpc) is 2.06. The molecule has 0 bridgehead atoms. The van der Waals surface area contributed by atoms with Crippen molar-refractivity contribution < 1.29 is 9.47 Å². The molecule has 0 aromatic carbocycles. The molecular formula is C7H18N2O2. The predicted octanol–water partition coefficient (Wildman–Crippen LogP) is -0.458. The minimum atomic E-state index is -0.316. The topological polar surface area (TPSA) is 56.5 Å². The number of nitrogens with one attached hydrogen (secondary N) is 1. The zero-order valence-corrected chi connectivity index (χ0v) is 7.68. The van der Waals surface area contributed by atoms with Crippen molar-refractivity contribution in [3.63, 3.8) is 0 Å². The van der Waals surface area contributed by atoms with Gasteiger partial charge in [-0.3, -0.25) is 0 Å². The molecule has 0 amide bonds. The molecule has 3 N–H and O–H groups in total. The van der Waals surface area contributed by atoms with Crippen LogP contribution in [0.25, 0.3) is 0 Å². The molecule has 0 aromatic heterocycles. The number of nitrogens with two attached hydrogens (primary N) is 1. The highest BCUT2D eigenvalue weighted by atomic mass is 16.7. The van der Waals surface area contributed by atoms with Crippen molar-refractivity contribution >= 4 is 0 Å². The first-order valence-corrected chi connectivity index (χ1v) is 3.59. The van der Waals surface area contributed by atoms with Crippen LogP contribution in [0.3, 0.4) is 0 Å². The maximum Gasteiger partial charge on any atom is 0.175 e. The van der Waals surface area contributed by atoms with Crippen molar-refractivity contribution in [2.45, 2.75) is 18.8 Å². The van der Waals surface area contributed by atoms with Crippen molar-refractivity contribution in [3.8, 4) is 0 Å². The molecule has 0 fully saturated rings. The summed E-state index contributed by atoms with van der Waals surface area (Å²) in [5.41, 5.74) is 5.23. The molecule has 0 spiro atoms. The van der Waals surface area contributed by atoms with Gasteiger partial charge in [-0.25, -0.2) is 0 Å². The van der Waals surface area contributed by atoms with Gasteiger partial charge in [-0.15, -0.1) is 0 Å². The Balaban J connectivity index is 4.19. The fourth-order valence-electron chi connectivity index (χ4n) is 0.933. The minimum Gasteiger partial charge on any atom is -0.354 e. The molecule has 4 heteroatoms. The zero-order chi connectivity index (χ0) is 8.91. The molecule has 0 rings (SSSR count). The van der Waals surface area contributed by atoms with Crippen LogP contribution in [-0.4, -0.2) is 39.6 Å². The predicted molar refractivity (Wildman–Crippen MR) is 44.3 cm³/mol. The lowest BCUT2D eigenvalue weighted by Crippen LogP contribution is -2.57. The van der Waals surface area contributed by atoms with E-state index in [0.717, 1.165) is 0 Å². The van der Waals surface area contributed by atoms with E-state index in [1.807, 2.05) is 14.0 Å². The molecule has 0 saturated heterocycles. The van der Waals surface area contributed by atoms with Gasteiger partial charge in [0.05, 0.1) is 5.54 Å². The van der Waals surface area contributed by atoms with Crippen LogP contribution in [0, 0.1) is 0 Å². The Labute approximate surface area is 68.0 Å². The van der Waals surface area contributed by atoms with E-state index >= 15 is 0 Å². The first kappa shape index (κ1) is 10.8. The smallest absolute Gasteiger partial charge is 0.175 e. The van der Waals surface area contributed by atoms with Crippen molar-refractivity contribution in [3.05, 3.63) is 0 Å². The van der Waals surface area contributed by atoms with Crippen LogP contribution in [0.1, 0.15) is 6.92 Å².